The van der Waals surface area contributed by atoms with Gasteiger partial charge in [-0.3, -0.25) is 0 Å². The van der Waals surface area contributed by atoms with Crippen molar-refractivity contribution >= 4 is 0 Å². The molecule has 2 fully saturated rings. The summed E-state index contributed by atoms with van der Waals surface area (Å²) in [6.07, 6.45) is 8.04. The van der Waals surface area contributed by atoms with Gasteiger partial charge in [0.1, 0.15) is 23.2 Å². The molecule has 0 spiro atoms. The van der Waals surface area contributed by atoms with Crippen LogP contribution in [0.15, 0.2) is 12.1 Å². The molecule has 3 aliphatic rings. The summed E-state index contributed by atoms with van der Waals surface area (Å²) in [6.45, 7) is 0. The summed E-state index contributed by atoms with van der Waals surface area (Å²) in [5.41, 5.74) is -0.746. The molecule has 2 saturated carbocycles. The molecule has 150 valence electrons. The van der Waals surface area contributed by atoms with Gasteiger partial charge in [-0.15, -0.1) is 0 Å². The Hall–Kier alpha value is 0.545. The van der Waals surface area contributed by atoms with Crippen molar-refractivity contribution in [3.63, 3.8) is 0 Å². The minimum atomic E-state index is -4.73. The van der Waals surface area contributed by atoms with E-state index in [1.54, 1.807) is 0 Å². The molecule has 28 heavy (non-hydrogen) atoms. The zero-order chi connectivity index (χ0) is 19.0. The van der Waals surface area contributed by atoms with Gasteiger partial charge in [0, 0.05) is 0 Å². The topological polar surface area (TPSA) is 9.23 Å². The Morgan fingerprint density at radius 3 is 2.11 bits per heavy atom. The van der Waals surface area contributed by atoms with E-state index >= 15 is 0 Å². The van der Waals surface area contributed by atoms with Crippen molar-refractivity contribution in [2.24, 2.45) is 17.8 Å². The molecule has 2 aliphatic carbocycles. The average molecular weight is 469 g/mol. The second-order valence-electron chi connectivity index (χ2n) is 8.48. The zero-order valence-electron chi connectivity index (χ0n) is 16.5. The molecule has 1 unspecified atom stereocenters. The number of fused-ring (bicyclic) bond motifs is 1. The zero-order valence-corrected chi connectivity index (χ0v) is 21.4. The Labute approximate surface area is 213 Å². The molecule has 1 aliphatic heterocycles. The van der Waals surface area contributed by atoms with Gasteiger partial charge >= 0.3 is 64.4 Å². The normalized spacial score (nSPS) is 28.8. The fraction of sp³-hybridized carbons (Fsp3) is 0.682. The van der Waals surface area contributed by atoms with Gasteiger partial charge in [0.05, 0.1) is 0 Å². The van der Waals surface area contributed by atoms with Crippen molar-refractivity contribution in [1.29, 1.82) is 0 Å². The van der Waals surface area contributed by atoms with Crippen LogP contribution in [0, 0.1) is 30.0 Å². The minimum Gasteiger partial charge on any atom is -0.489 e. The first-order valence-corrected chi connectivity index (χ1v) is 10.3. The van der Waals surface area contributed by atoms with Gasteiger partial charge in [0.2, 0.25) is 0 Å². The predicted octanol–water partition coefficient (Wildman–Crippen LogP) is 3.74. The fourth-order valence-corrected chi connectivity index (χ4v) is 5.45. The number of hydrogen-bond acceptors (Lipinski definition) is 1. The second-order valence-corrected chi connectivity index (χ2v) is 8.48. The Kier molecular flexibility index (Phi) is 8.11. The summed E-state index contributed by atoms with van der Waals surface area (Å²) >= 11 is 0. The van der Waals surface area contributed by atoms with Crippen LogP contribution in [0.3, 0.4) is 0 Å². The molecule has 6 heteroatoms. The van der Waals surface area contributed by atoms with E-state index < -0.39 is 17.6 Å². The van der Waals surface area contributed by atoms with E-state index in [4.69, 9.17) is 4.74 Å². The van der Waals surface area contributed by atoms with E-state index in [2.05, 4.69) is 6.42 Å². The predicted molar refractivity (Wildman–Crippen MR) is 95.8 cm³/mol. The van der Waals surface area contributed by atoms with Crippen molar-refractivity contribution in [3.05, 3.63) is 35.5 Å². The molecule has 0 amide bonds. The van der Waals surface area contributed by atoms with Crippen LogP contribution in [-0.2, 0) is 12.6 Å². The molecule has 1 heterocycles. The molecule has 0 N–H and O–H groups in total. The molecule has 4 rings (SSSR count). The van der Waals surface area contributed by atoms with Crippen LogP contribution in [0.5, 0.6) is 5.75 Å². The maximum atomic E-state index is 13.9. The van der Waals surface area contributed by atoms with Crippen LogP contribution in [0.2, 0.25) is 0 Å². The molecular weight excluding hydrogens is 442 g/mol. The van der Waals surface area contributed by atoms with Gasteiger partial charge in [0.25, 0.3) is 0 Å². The number of halogens is 4. The van der Waals surface area contributed by atoms with E-state index in [1.807, 2.05) is 0 Å². The summed E-state index contributed by atoms with van der Waals surface area (Å²) in [6, 6.07) is 2.35. The van der Waals surface area contributed by atoms with E-state index in [0.29, 0.717) is 12.0 Å². The number of alkyl halides is 3. The third-order valence-corrected chi connectivity index (χ3v) is 6.93. The third kappa shape index (κ3) is 5.05. The fourth-order valence-electron chi connectivity index (χ4n) is 5.45. The van der Waals surface area contributed by atoms with Crippen LogP contribution in [0.25, 0.3) is 0 Å². The standard InChI is InChI=1S/C22H27F4O.Rb/c23-18-12-10-17-11-13-19(27-21(17)20(18)22(24,25)26)16-8-6-15(7-9-16)14-4-2-1-3-5-14;/h1,10,12,14-16,19H,2-9,11,13H2;/q-1;+1. The van der Waals surface area contributed by atoms with Crippen molar-refractivity contribution in [1.82, 2.24) is 0 Å². The van der Waals surface area contributed by atoms with Gasteiger partial charge in [-0.1, -0.05) is 18.9 Å². The summed E-state index contributed by atoms with van der Waals surface area (Å²) in [7, 11) is 0. The summed E-state index contributed by atoms with van der Waals surface area (Å²) < 4.78 is 59.7. The average Bonchev–Trinajstić information content (AvgIpc) is 2.67. The van der Waals surface area contributed by atoms with Gasteiger partial charge in [0.15, 0.2) is 0 Å². The van der Waals surface area contributed by atoms with Gasteiger partial charge < -0.3 is 11.2 Å². The summed E-state index contributed by atoms with van der Waals surface area (Å²) in [5, 5.41) is 0. The smallest absolute Gasteiger partial charge is 0.489 e. The van der Waals surface area contributed by atoms with Crippen LogP contribution in [0.4, 0.5) is 17.6 Å². The molecule has 0 saturated heterocycles. The maximum absolute atomic E-state index is 13.9. The van der Waals surface area contributed by atoms with E-state index in [-0.39, 0.29) is 76.0 Å². The van der Waals surface area contributed by atoms with Crippen molar-refractivity contribution < 1.29 is 80.5 Å². The van der Waals surface area contributed by atoms with Gasteiger partial charge in [-0.2, -0.15) is 26.0 Å². The number of benzene rings is 1. The van der Waals surface area contributed by atoms with Crippen molar-refractivity contribution in [2.45, 2.75) is 76.5 Å². The Morgan fingerprint density at radius 1 is 0.857 bits per heavy atom. The Morgan fingerprint density at radius 2 is 1.46 bits per heavy atom. The van der Waals surface area contributed by atoms with Crippen LogP contribution in [-0.4, -0.2) is 6.10 Å². The molecule has 0 aromatic heterocycles. The molecule has 1 aromatic rings. The first kappa shape index (κ1) is 23.2. The summed E-state index contributed by atoms with van der Waals surface area (Å²) in [5.74, 6) is 0.362. The summed E-state index contributed by atoms with van der Waals surface area (Å²) in [4.78, 5) is 0. The van der Waals surface area contributed by atoms with E-state index in [0.717, 1.165) is 50.0 Å². The molecule has 0 bridgehead atoms. The first-order valence-electron chi connectivity index (χ1n) is 10.3. The van der Waals surface area contributed by atoms with Crippen LogP contribution >= 0.6 is 0 Å². The largest absolute Gasteiger partial charge is 1.00 e. The number of aryl methyl sites for hydroxylation is 1. The monoisotopic (exact) mass is 468 g/mol. The molecule has 1 aromatic carbocycles. The third-order valence-electron chi connectivity index (χ3n) is 6.93. The molecule has 1 nitrogen and oxygen atoms in total. The van der Waals surface area contributed by atoms with Crippen molar-refractivity contribution in [2.75, 3.05) is 0 Å². The SMILES string of the molecule is Fc1ccc2c(c1C(F)(F)F)OC(C1CCC(C3CC[CH-]CC3)CC1)CC2.[Rb+]. The molecular formula is C22H27F4ORb. The van der Waals surface area contributed by atoms with Crippen molar-refractivity contribution in [3.8, 4) is 5.75 Å². The molecule has 1 atom stereocenters. The van der Waals surface area contributed by atoms with E-state index in [1.165, 1.54) is 31.7 Å². The van der Waals surface area contributed by atoms with Gasteiger partial charge in [-0.25, -0.2) is 4.39 Å². The Bertz CT molecular complexity index is 661. The first-order chi connectivity index (χ1) is 12.9. The number of ether oxygens (including phenoxy) is 1. The maximum Gasteiger partial charge on any atom is 1.00 e. The van der Waals surface area contributed by atoms with Gasteiger partial charge in [-0.05, 0) is 67.9 Å². The van der Waals surface area contributed by atoms with E-state index in [9.17, 15) is 17.6 Å². The van der Waals surface area contributed by atoms with Crippen LogP contribution in [0.1, 0.15) is 68.9 Å². The van der Waals surface area contributed by atoms with Crippen LogP contribution < -0.4 is 62.9 Å². The number of rotatable bonds is 2. The minimum absolute atomic E-state index is 0. The molecule has 0 radical (unpaired) electrons. The Balaban J connectivity index is 0.00000225. The second kappa shape index (κ2) is 9.78. The quantitative estimate of drug-likeness (QED) is 0.474. The number of hydrogen-bond donors (Lipinski definition) is 0.